The number of pyridine rings is 1. The number of ether oxygens (including phenoxy) is 1. The fraction of sp³-hybridized carbons (Fsp3) is 0.200. The number of anilines is 2. The standard InChI is InChI=1S/C15H16ClN3O2/c1-17-14-12(16)7-11(8-18-14)15(20)19-13-6-4-3-5-10(13)9-21-2/h3-8H,9H2,1-2H3,(H,17,18)(H,19,20). The number of hydrogen-bond acceptors (Lipinski definition) is 4. The number of aromatic nitrogens is 1. The number of halogens is 1. The van der Waals surface area contributed by atoms with Gasteiger partial charge in [-0.25, -0.2) is 4.98 Å². The second-order valence-corrected chi connectivity index (χ2v) is 4.76. The second-order valence-electron chi connectivity index (χ2n) is 4.35. The van der Waals surface area contributed by atoms with Crippen LogP contribution in [0.5, 0.6) is 0 Å². The van der Waals surface area contributed by atoms with E-state index in [2.05, 4.69) is 15.6 Å². The zero-order chi connectivity index (χ0) is 15.2. The molecule has 0 spiro atoms. The minimum Gasteiger partial charge on any atom is -0.380 e. The Balaban J connectivity index is 2.20. The smallest absolute Gasteiger partial charge is 0.257 e. The molecule has 0 atom stereocenters. The molecular formula is C15H16ClN3O2. The molecule has 0 aliphatic carbocycles. The minimum absolute atomic E-state index is 0.268. The van der Waals surface area contributed by atoms with Gasteiger partial charge in [0.15, 0.2) is 0 Å². The van der Waals surface area contributed by atoms with Gasteiger partial charge in [-0.3, -0.25) is 4.79 Å². The van der Waals surface area contributed by atoms with E-state index in [0.29, 0.717) is 28.7 Å². The molecular weight excluding hydrogens is 290 g/mol. The van der Waals surface area contributed by atoms with Crippen LogP contribution < -0.4 is 10.6 Å². The van der Waals surface area contributed by atoms with E-state index in [9.17, 15) is 4.79 Å². The molecule has 0 saturated carbocycles. The highest BCUT2D eigenvalue weighted by Crippen LogP contribution is 2.21. The Labute approximate surface area is 128 Å². The third-order valence-electron chi connectivity index (χ3n) is 2.91. The number of methoxy groups -OCH3 is 1. The molecule has 2 N–H and O–H groups in total. The quantitative estimate of drug-likeness (QED) is 0.890. The number of nitrogens with zero attached hydrogens (tertiary/aromatic N) is 1. The Bertz CT molecular complexity index is 647. The molecule has 5 nitrogen and oxygen atoms in total. The summed E-state index contributed by atoms with van der Waals surface area (Å²) >= 11 is 6.03. The number of rotatable bonds is 5. The third kappa shape index (κ3) is 3.71. The van der Waals surface area contributed by atoms with Gasteiger partial charge in [0.2, 0.25) is 0 Å². The van der Waals surface area contributed by atoms with Gasteiger partial charge in [0.05, 0.1) is 17.2 Å². The first-order valence-corrected chi connectivity index (χ1v) is 6.75. The Morgan fingerprint density at radius 3 is 2.81 bits per heavy atom. The maximum atomic E-state index is 12.3. The first kappa shape index (κ1) is 15.3. The molecule has 110 valence electrons. The van der Waals surface area contributed by atoms with Gasteiger partial charge >= 0.3 is 0 Å². The molecule has 1 heterocycles. The number of carbonyl (C=O) groups is 1. The summed E-state index contributed by atoms with van der Waals surface area (Å²) in [5.74, 6) is 0.267. The van der Waals surface area contributed by atoms with Gasteiger partial charge in [-0.15, -0.1) is 0 Å². The predicted molar refractivity (Wildman–Crippen MR) is 83.9 cm³/mol. The summed E-state index contributed by atoms with van der Waals surface area (Å²) in [5, 5.41) is 6.08. The molecule has 2 rings (SSSR count). The van der Waals surface area contributed by atoms with Crippen molar-refractivity contribution >= 4 is 29.0 Å². The summed E-state index contributed by atoms with van der Waals surface area (Å²) in [6.45, 7) is 0.425. The van der Waals surface area contributed by atoms with Crippen molar-refractivity contribution in [3.8, 4) is 0 Å². The van der Waals surface area contributed by atoms with Crippen LogP contribution in [0.15, 0.2) is 36.5 Å². The average molecular weight is 306 g/mol. The number of para-hydroxylation sites is 1. The van der Waals surface area contributed by atoms with E-state index in [-0.39, 0.29) is 5.91 Å². The molecule has 0 unspecified atom stereocenters. The van der Waals surface area contributed by atoms with Gasteiger partial charge < -0.3 is 15.4 Å². The van der Waals surface area contributed by atoms with Crippen LogP contribution in [0.4, 0.5) is 11.5 Å². The molecule has 1 aromatic heterocycles. The summed E-state index contributed by atoms with van der Waals surface area (Å²) in [6, 6.07) is 9.04. The van der Waals surface area contributed by atoms with E-state index in [1.807, 2.05) is 24.3 Å². The molecule has 0 fully saturated rings. The van der Waals surface area contributed by atoms with Gasteiger partial charge in [0.1, 0.15) is 5.82 Å². The van der Waals surface area contributed by atoms with Crippen LogP contribution in [0.25, 0.3) is 0 Å². The van der Waals surface area contributed by atoms with Crippen molar-refractivity contribution in [2.24, 2.45) is 0 Å². The zero-order valence-electron chi connectivity index (χ0n) is 11.8. The van der Waals surface area contributed by atoms with Crippen molar-refractivity contribution in [1.82, 2.24) is 4.98 Å². The Kier molecular flexibility index (Phi) is 5.14. The van der Waals surface area contributed by atoms with Crippen molar-refractivity contribution in [2.45, 2.75) is 6.61 Å². The summed E-state index contributed by atoms with van der Waals surface area (Å²) in [7, 11) is 3.33. The van der Waals surface area contributed by atoms with Crippen LogP contribution in [-0.4, -0.2) is 25.0 Å². The molecule has 2 aromatic rings. The fourth-order valence-electron chi connectivity index (χ4n) is 1.86. The summed E-state index contributed by atoms with van der Waals surface area (Å²) in [4.78, 5) is 16.3. The molecule has 1 aromatic carbocycles. The van der Waals surface area contributed by atoms with E-state index in [1.165, 1.54) is 6.20 Å². The van der Waals surface area contributed by atoms with Gasteiger partial charge in [-0.2, -0.15) is 0 Å². The molecule has 21 heavy (non-hydrogen) atoms. The monoisotopic (exact) mass is 305 g/mol. The highest BCUT2D eigenvalue weighted by atomic mass is 35.5. The number of carbonyl (C=O) groups excluding carboxylic acids is 1. The molecule has 0 bridgehead atoms. The lowest BCUT2D eigenvalue weighted by molar-refractivity contribution is 0.102. The van der Waals surface area contributed by atoms with Crippen LogP contribution in [0.1, 0.15) is 15.9 Å². The highest BCUT2D eigenvalue weighted by Gasteiger charge is 2.11. The van der Waals surface area contributed by atoms with E-state index < -0.39 is 0 Å². The Morgan fingerprint density at radius 1 is 1.38 bits per heavy atom. The van der Waals surface area contributed by atoms with Gasteiger partial charge in [0, 0.05) is 31.6 Å². The summed E-state index contributed by atoms with van der Waals surface area (Å²) < 4.78 is 5.11. The minimum atomic E-state index is -0.268. The largest absolute Gasteiger partial charge is 0.380 e. The summed E-state index contributed by atoms with van der Waals surface area (Å²) in [5.41, 5.74) is 2.00. The second kappa shape index (κ2) is 7.06. The first-order chi connectivity index (χ1) is 10.2. The Morgan fingerprint density at radius 2 is 2.14 bits per heavy atom. The summed E-state index contributed by atoms with van der Waals surface area (Å²) in [6.07, 6.45) is 1.48. The fourth-order valence-corrected chi connectivity index (χ4v) is 2.12. The predicted octanol–water partition coefficient (Wildman–Crippen LogP) is 3.18. The zero-order valence-corrected chi connectivity index (χ0v) is 12.6. The Hall–Kier alpha value is -2.11. The lowest BCUT2D eigenvalue weighted by Crippen LogP contribution is -2.14. The highest BCUT2D eigenvalue weighted by molar-refractivity contribution is 6.33. The van der Waals surface area contributed by atoms with E-state index in [0.717, 1.165) is 5.56 Å². The number of amides is 1. The van der Waals surface area contributed by atoms with Crippen molar-refractivity contribution in [2.75, 3.05) is 24.8 Å². The van der Waals surface area contributed by atoms with Crippen molar-refractivity contribution in [3.63, 3.8) is 0 Å². The number of hydrogen-bond donors (Lipinski definition) is 2. The van der Waals surface area contributed by atoms with Crippen LogP contribution in [0.2, 0.25) is 5.02 Å². The lowest BCUT2D eigenvalue weighted by Gasteiger charge is -2.11. The van der Waals surface area contributed by atoms with Crippen LogP contribution in [0, 0.1) is 0 Å². The van der Waals surface area contributed by atoms with Crippen LogP contribution >= 0.6 is 11.6 Å². The van der Waals surface area contributed by atoms with Crippen LogP contribution in [0.3, 0.4) is 0 Å². The van der Waals surface area contributed by atoms with E-state index in [4.69, 9.17) is 16.3 Å². The maximum absolute atomic E-state index is 12.3. The van der Waals surface area contributed by atoms with Crippen molar-refractivity contribution < 1.29 is 9.53 Å². The molecule has 0 aliphatic rings. The van der Waals surface area contributed by atoms with Crippen molar-refractivity contribution in [1.29, 1.82) is 0 Å². The maximum Gasteiger partial charge on any atom is 0.257 e. The molecule has 0 saturated heterocycles. The SMILES string of the molecule is CNc1ncc(C(=O)Nc2ccccc2COC)cc1Cl. The molecule has 6 heteroatoms. The molecule has 1 amide bonds. The lowest BCUT2D eigenvalue weighted by atomic mass is 10.1. The van der Waals surface area contributed by atoms with Gasteiger partial charge in [0.25, 0.3) is 5.91 Å². The molecule has 0 aliphatic heterocycles. The van der Waals surface area contributed by atoms with Crippen LogP contribution in [-0.2, 0) is 11.3 Å². The third-order valence-corrected chi connectivity index (χ3v) is 3.19. The van der Waals surface area contributed by atoms with Crippen molar-refractivity contribution in [3.05, 3.63) is 52.7 Å². The molecule has 0 radical (unpaired) electrons. The van der Waals surface area contributed by atoms with Gasteiger partial charge in [-0.1, -0.05) is 29.8 Å². The van der Waals surface area contributed by atoms with Gasteiger partial charge in [-0.05, 0) is 12.1 Å². The van der Waals surface area contributed by atoms with E-state index >= 15 is 0 Å². The first-order valence-electron chi connectivity index (χ1n) is 6.37. The van der Waals surface area contributed by atoms with E-state index in [1.54, 1.807) is 20.2 Å². The number of nitrogens with one attached hydrogen (secondary N) is 2. The topological polar surface area (TPSA) is 63.2 Å². The normalized spacial score (nSPS) is 10.2. The average Bonchev–Trinajstić information content (AvgIpc) is 2.49. The number of benzene rings is 1.